The Hall–Kier alpha value is -3.41. The number of anilines is 1. The molecule has 144 valence electrons. The molecule has 28 heavy (non-hydrogen) atoms. The number of hydrogen-bond acceptors (Lipinski definition) is 4. The molecular weight excluding hydrogens is 357 g/mol. The zero-order valence-electron chi connectivity index (χ0n) is 15.6. The summed E-state index contributed by atoms with van der Waals surface area (Å²) < 4.78 is 18.2. The van der Waals surface area contributed by atoms with Crippen LogP contribution in [-0.4, -0.2) is 24.5 Å². The summed E-state index contributed by atoms with van der Waals surface area (Å²) in [6, 6.07) is 17.4. The van der Waals surface area contributed by atoms with Crippen molar-refractivity contribution in [3.8, 4) is 5.75 Å². The number of carbonyl (C=O) groups excluding carboxylic acids is 1. The van der Waals surface area contributed by atoms with E-state index in [4.69, 9.17) is 4.74 Å². The standard InChI is InChI=1S/C22H22FN3O2/c1-28-21-5-3-2-4-17(21)12-13-24-19-10-11-20(25-15-19)22(27)26-14-16-6-8-18(23)9-7-16/h2-11,15,24H,12-14H2,1H3,(H,26,27). The summed E-state index contributed by atoms with van der Waals surface area (Å²) in [5, 5.41) is 6.06. The molecule has 1 amide bonds. The van der Waals surface area contributed by atoms with Crippen LogP contribution in [0.3, 0.4) is 0 Å². The van der Waals surface area contributed by atoms with E-state index in [-0.39, 0.29) is 11.7 Å². The number of benzene rings is 2. The van der Waals surface area contributed by atoms with E-state index in [0.717, 1.165) is 35.5 Å². The Bertz CT molecular complexity index is 912. The van der Waals surface area contributed by atoms with Crippen molar-refractivity contribution in [3.05, 3.63) is 89.5 Å². The molecule has 1 heterocycles. The minimum atomic E-state index is -0.300. The lowest BCUT2D eigenvalue weighted by Crippen LogP contribution is -2.23. The molecule has 3 aromatic rings. The molecule has 0 bridgehead atoms. The van der Waals surface area contributed by atoms with Crippen LogP contribution in [0.5, 0.6) is 5.75 Å². The third kappa shape index (κ3) is 5.30. The molecular formula is C22H22FN3O2. The maximum Gasteiger partial charge on any atom is 0.270 e. The van der Waals surface area contributed by atoms with Gasteiger partial charge in [-0.15, -0.1) is 0 Å². The number of para-hydroxylation sites is 1. The number of halogens is 1. The van der Waals surface area contributed by atoms with Crippen molar-refractivity contribution >= 4 is 11.6 Å². The van der Waals surface area contributed by atoms with Crippen molar-refractivity contribution in [3.63, 3.8) is 0 Å². The van der Waals surface area contributed by atoms with Crippen molar-refractivity contribution in [2.75, 3.05) is 19.0 Å². The molecule has 0 saturated carbocycles. The fourth-order valence-corrected chi connectivity index (χ4v) is 2.76. The quantitative estimate of drug-likeness (QED) is 0.625. The number of nitrogens with one attached hydrogen (secondary N) is 2. The zero-order chi connectivity index (χ0) is 19.8. The van der Waals surface area contributed by atoms with Crippen LogP contribution in [0, 0.1) is 5.82 Å². The predicted molar refractivity (Wildman–Crippen MR) is 107 cm³/mol. The fraction of sp³-hybridized carbons (Fsp3) is 0.182. The Labute approximate surface area is 163 Å². The van der Waals surface area contributed by atoms with Crippen LogP contribution in [0.15, 0.2) is 66.9 Å². The van der Waals surface area contributed by atoms with Gasteiger partial charge in [-0.1, -0.05) is 30.3 Å². The molecule has 5 nitrogen and oxygen atoms in total. The lowest BCUT2D eigenvalue weighted by atomic mass is 10.1. The van der Waals surface area contributed by atoms with Gasteiger partial charge in [0.15, 0.2) is 0 Å². The average molecular weight is 379 g/mol. The summed E-state index contributed by atoms with van der Waals surface area (Å²) in [6.45, 7) is 1.04. The molecule has 0 aliphatic carbocycles. The SMILES string of the molecule is COc1ccccc1CCNc1ccc(C(=O)NCc2ccc(F)cc2)nc1. The number of rotatable bonds is 8. The number of carbonyl (C=O) groups is 1. The number of amides is 1. The largest absolute Gasteiger partial charge is 0.496 e. The van der Waals surface area contributed by atoms with Gasteiger partial charge in [-0.25, -0.2) is 9.37 Å². The van der Waals surface area contributed by atoms with Gasteiger partial charge in [-0.3, -0.25) is 4.79 Å². The number of pyridine rings is 1. The Kier molecular flexibility index (Phi) is 6.57. The van der Waals surface area contributed by atoms with Crippen LogP contribution >= 0.6 is 0 Å². The summed E-state index contributed by atoms with van der Waals surface area (Å²) >= 11 is 0. The van der Waals surface area contributed by atoms with Gasteiger partial charge in [0.1, 0.15) is 17.3 Å². The topological polar surface area (TPSA) is 63.2 Å². The Morgan fingerprint density at radius 1 is 1.07 bits per heavy atom. The Balaban J connectivity index is 1.48. The van der Waals surface area contributed by atoms with Crippen LogP contribution in [-0.2, 0) is 13.0 Å². The first kappa shape index (κ1) is 19.4. The highest BCUT2D eigenvalue weighted by Crippen LogP contribution is 2.18. The Morgan fingerprint density at radius 2 is 1.86 bits per heavy atom. The van der Waals surface area contributed by atoms with Gasteiger partial charge in [-0.05, 0) is 47.9 Å². The molecule has 2 N–H and O–H groups in total. The van der Waals surface area contributed by atoms with E-state index in [9.17, 15) is 9.18 Å². The molecule has 6 heteroatoms. The summed E-state index contributed by atoms with van der Waals surface area (Å²) in [6.07, 6.45) is 2.44. The maximum absolute atomic E-state index is 12.9. The van der Waals surface area contributed by atoms with Crippen molar-refractivity contribution in [1.82, 2.24) is 10.3 Å². The lowest BCUT2D eigenvalue weighted by molar-refractivity contribution is 0.0946. The summed E-state index contributed by atoms with van der Waals surface area (Å²) in [5.74, 6) is 0.297. The first-order valence-electron chi connectivity index (χ1n) is 9.00. The van der Waals surface area contributed by atoms with Gasteiger partial charge in [0.2, 0.25) is 0 Å². The molecule has 2 aromatic carbocycles. The summed E-state index contributed by atoms with van der Waals surface area (Å²) in [5.41, 5.74) is 3.12. The maximum atomic E-state index is 12.9. The van der Waals surface area contributed by atoms with E-state index >= 15 is 0 Å². The number of ether oxygens (including phenoxy) is 1. The molecule has 0 radical (unpaired) electrons. The zero-order valence-corrected chi connectivity index (χ0v) is 15.6. The molecule has 0 saturated heterocycles. The summed E-state index contributed by atoms with van der Waals surface area (Å²) in [4.78, 5) is 16.4. The minimum absolute atomic E-state index is 0.273. The molecule has 0 atom stereocenters. The van der Waals surface area contributed by atoms with Gasteiger partial charge >= 0.3 is 0 Å². The van der Waals surface area contributed by atoms with E-state index < -0.39 is 0 Å². The monoisotopic (exact) mass is 379 g/mol. The van der Waals surface area contributed by atoms with E-state index in [2.05, 4.69) is 15.6 Å². The lowest BCUT2D eigenvalue weighted by Gasteiger charge is -2.10. The van der Waals surface area contributed by atoms with E-state index in [1.165, 1.54) is 12.1 Å². The molecule has 0 unspecified atom stereocenters. The minimum Gasteiger partial charge on any atom is -0.496 e. The van der Waals surface area contributed by atoms with Gasteiger partial charge in [0.05, 0.1) is 19.0 Å². The molecule has 1 aromatic heterocycles. The van der Waals surface area contributed by atoms with Crippen LogP contribution in [0.2, 0.25) is 0 Å². The normalized spacial score (nSPS) is 10.4. The molecule has 0 spiro atoms. The van der Waals surface area contributed by atoms with Gasteiger partial charge < -0.3 is 15.4 Å². The van der Waals surface area contributed by atoms with Crippen LogP contribution < -0.4 is 15.4 Å². The van der Waals surface area contributed by atoms with Crippen LogP contribution in [0.1, 0.15) is 21.6 Å². The smallest absolute Gasteiger partial charge is 0.270 e. The highest BCUT2D eigenvalue weighted by molar-refractivity contribution is 5.92. The molecule has 0 aliphatic heterocycles. The first-order chi connectivity index (χ1) is 13.7. The third-order valence-electron chi connectivity index (χ3n) is 4.28. The second-order valence-electron chi connectivity index (χ2n) is 6.23. The first-order valence-corrected chi connectivity index (χ1v) is 9.00. The number of methoxy groups -OCH3 is 1. The van der Waals surface area contributed by atoms with Crippen LogP contribution in [0.4, 0.5) is 10.1 Å². The highest BCUT2D eigenvalue weighted by atomic mass is 19.1. The van der Waals surface area contributed by atoms with Gasteiger partial charge in [-0.2, -0.15) is 0 Å². The van der Waals surface area contributed by atoms with E-state index in [1.54, 1.807) is 31.5 Å². The number of hydrogen-bond donors (Lipinski definition) is 2. The van der Waals surface area contributed by atoms with Gasteiger partial charge in [0, 0.05) is 13.1 Å². The van der Waals surface area contributed by atoms with Crippen molar-refractivity contribution in [2.45, 2.75) is 13.0 Å². The second kappa shape index (κ2) is 9.50. The average Bonchev–Trinajstić information content (AvgIpc) is 2.74. The second-order valence-corrected chi connectivity index (χ2v) is 6.23. The molecule has 0 fully saturated rings. The molecule has 0 aliphatic rings. The Morgan fingerprint density at radius 3 is 2.57 bits per heavy atom. The fourth-order valence-electron chi connectivity index (χ4n) is 2.76. The predicted octanol–water partition coefficient (Wildman–Crippen LogP) is 3.81. The van der Waals surface area contributed by atoms with Crippen molar-refractivity contribution in [2.24, 2.45) is 0 Å². The third-order valence-corrected chi connectivity index (χ3v) is 4.28. The highest BCUT2D eigenvalue weighted by Gasteiger charge is 2.07. The summed E-state index contributed by atoms with van der Waals surface area (Å²) in [7, 11) is 1.66. The number of nitrogens with zero attached hydrogens (tertiary/aromatic N) is 1. The van der Waals surface area contributed by atoms with Crippen LogP contribution in [0.25, 0.3) is 0 Å². The van der Waals surface area contributed by atoms with Crippen molar-refractivity contribution in [1.29, 1.82) is 0 Å². The molecule has 3 rings (SSSR count). The van der Waals surface area contributed by atoms with Gasteiger partial charge in [0.25, 0.3) is 5.91 Å². The number of aromatic nitrogens is 1. The van der Waals surface area contributed by atoms with E-state index in [0.29, 0.717) is 12.2 Å². The van der Waals surface area contributed by atoms with Crippen molar-refractivity contribution < 1.29 is 13.9 Å². The van der Waals surface area contributed by atoms with E-state index in [1.807, 2.05) is 30.3 Å².